The van der Waals surface area contributed by atoms with E-state index in [4.69, 9.17) is 9.47 Å². The molecule has 1 aliphatic heterocycles. The fraction of sp³-hybridized carbons (Fsp3) is 0.833. The molecule has 0 aromatic carbocycles. The lowest BCUT2D eigenvalue weighted by atomic mass is 10.5. The number of carbonyl (C=O) groups excluding carboxylic acids is 1. The normalized spacial score (nSPS) is 24.7. The molecule has 10 heavy (non-hydrogen) atoms. The van der Waals surface area contributed by atoms with Crippen LogP contribution in [0.15, 0.2) is 0 Å². The van der Waals surface area contributed by atoms with Crippen molar-refractivity contribution in [2.45, 2.75) is 19.8 Å². The summed E-state index contributed by atoms with van der Waals surface area (Å²) in [6.45, 7) is 3.11. The Morgan fingerprint density at radius 1 is 1.90 bits per heavy atom. The molecule has 0 aliphatic carbocycles. The first kappa shape index (κ1) is 7.50. The number of ether oxygens (including phenoxy) is 2. The van der Waals surface area contributed by atoms with E-state index in [0.717, 1.165) is 6.54 Å². The third-order valence-electron chi connectivity index (χ3n) is 1.21. The van der Waals surface area contributed by atoms with Gasteiger partial charge in [-0.05, 0) is 0 Å². The number of nitrogens with one attached hydrogen (secondary N) is 1. The molecule has 0 amide bonds. The van der Waals surface area contributed by atoms with Crippen LogP contribution in [0.25, 0.3) is 0 Å². The lowest BCUT2D eigenvalue weighted by molar-refractivity contribution is -0.172. The van der Waals surface area contributed by atoms with Crippen molar-refractivity contribution in [3.05, 3.63) is 0 Å². The maximum Gasteiger partial charge on any atom is 0.308 e. The predicted molar refractivity (Wildman–Crippen MR) is 34.1 cm³/mol. The lowest BCUT2D eigenvalue weighted by Gasteiger charge is -2.09. The Kier molecular flexibility index (Phi) is 2.65. The molecule has 1 N–H and O–H groups in total. The zero-order chi connectivity index (χ0) is 7.40. The van der Waals surface area contributed by atoms with Gasteiger partial charge in [-0.3, -0.25) is 10.1 Å². The standard InChI is InChI=1S/C6H11NO3/c1-2-5(8)10-6-7-3-4-9-6/h6-7H,2-4H2,1H3. The van der Waals surface area contributed by atoms with E-state index in [1.165, 1.54) is 0 Å². The monoisotopic (exact) mass is 145 g/mol. The van der Waals surface area contributed by atoms with Crippen LogP contribution in [0.4, 0.5) is 0 Å². The summed E-state index contributed by atoms with van der Waals surface area (Å²) in [6.07, 6.45) is -0.117. The maximum atomic E-state index is 10.6. The lowest BCUT2D eigenvalue weighted by Crippen LogP contribution is -2.28. The SMILES string of the molecule is CCC(=O)OC1NCCO1. The molecular formula is C6H11NO3. The summed E-state index contributed by atoms with van der Waals surface area (Å²) >= 11 is 0. The van der Waals surface area contributed by atoms with Crippen molar-refractivity contribution in [1.29, 1.82) is 0 Å². The van der Waals surface area contributed by atoms with E-state index >= 15 is 0 Å². The van der Waals surface area contributed by atoms with E-state index in [0.29, 0.717) is 13.0 Å². The van der Waals surface area contributed by atoms with Gasteiger partial charge in [0.1, 0.15) is 0 Å². The molecule has 0 aromatic rings. The fourth-order valence-corrected chi connectivity index (χ4v) is 0.680. The van der Waals surface area contributed by atoms with Crippen molar-refractivity contribution in [1.82, 2.24) is 5.32 Å². The molecule has 0 bridgehead atoms. The van der Waals surface area contributed by atoms with Crippen LogP contribution in [-0.2, 0) is 14.3 Å². The summed E-state index contributed by atoms with van der Waals surface area (Å²) in [5.41, 5.74) is 0. The second-order valence-electron chi connectivity index (χ2n) is 2.00. The Morgan fingerprint density at radius 2 is 2.70 bits per heavy atom. The Hall–Kier alpha value is -0.610. The molecule has 0 aromatic heterocycles. The molecular weight excluding hydrogens is 134 g/mol. The first-order valence-electron chi connectivity index (χ1n) is 3.37. The van der Waals surface area contributed by atoms with Crippen molar-refractivity contribution < 1.29 is 14.3 Å². The minimum atomic E-state index is -0.507. The van der Waals surface area contributed by atoms with Crippen LogP contribution in [0.2, 0.25) is 0 Å². The topological polar surface area (TPSA) is 47.6 Å². The summed E-state index contributed by atoms with van der Waals surface area (Å²) in [5.74, 6) is -0.237. The predicted octanol–water partition coefficient (Wildman–Crippen LogP) is -0.157. The van der Waals surface area contributed by atoms with E-state index < -0.39 is 6.41 Å². The smallest absolute Gasteiger partial charge is 0.308 e. The molecule has 1 rings (SSSR count). The van der Waals surface area contributed by atoms with E-state index in [2.05, 4.69) is 5.32 Å². The van der Waals surface area contributed by atoms with Crippen molar-refractivity contribution in [3.63, 3.8) is 0 Å². The second kappa shape index (κ2) is 3.53. The molecule has 1 fully saturated rings. The van der Waals surface area contributed by atoms with Gasteiger partial charge in [0.25, 0.3) is 6.41 Å². The molecule has 0 radical (unpaired) electrons. The average molecular weight is 145 g/mol. The van der Waals surface area contributed by atoms with Crippen LogP contribution in [-0.4, -0.2) is 25.5 Å². The first-order chi connectivity index (χ1) is 4.83. The van der Waals surface area contributed by atoms with Gasteiger partial charge in [-0.15, -0.1) is 0 Å². The number of hydrogen-bond donors (Lipinski definition) is 1. The third-order valence-corrected chi connectivity index (χ3v) is 1.21. The van der Waals surface area contributed by atoms with E-state index in [1.54, 1.807) is 6.92 Å². The van der Waals surface area contributed by atoms with Crippen LogP contribution >= 0.6 is 0 Å². The summed E-state index contributed by atoms with van der Waals surface area (Å²) in [4.78, 5) is 10.6. The molecule has 1 atom stereocenters. The van der Waals surface area contributed by atoms with Gasteiger partial charge >= 0.3 is 5.97 Å². The van der Waals surface area contributed by atoms with Gasteiger partial charge in [-0.25, -0.2) is 0 Å². The number of esters is 1. The van der Waals surface area contributed by atoms with Gasteiger partial charge in [-0.1, -0.05) is 6.92 Å². The molecule has 1 heterocycles. The van der Waals surface area contributed by atoms with Gasteiger partial charge in [0.2, 0.25) is 0 Å². The minimum Gasteiger partial charge on any atom is -0.421 e. The molecule has 4 heteroatoms. The van der Waals surface area contributed by atoms with Crippen LogP contribution in [0.3, 0.4) is 0 Å². The zero-order valence-electron chi connectivity index (χ0n) is 5.92. The summed E-state index contributed by atoms with van der Waals surface area (Å²) in [7, 11) is 0. The Labute approximate surface area is 59.5 Å². The van der Waals surface area contributed by atoms with E-state index in [1.807, 2.05) is 0 Å². The minimum absolute atomic E-state index is 0.237. The quantitative estimate of drug-likeness (QED) is 0.548. The number of rotatable bonds is 2. The van der Waals surface area contributed by atoms with Gasteiger partial charge in [0, 0.05) is 13.0 Å². The van der Waals surface area contributed by atoms with Gasteiger partial charge in [0.15, 0.2) is 0 Å². The van der Waals surface area contributed by atoms with Crippen molar-refractivity contribution in [2.24, 2.45) is 0 Å². The highest BCUT2D eigenvalue weighted by Gasteiger charge is 2.17. The third kappa shape index (κ3) is 1.97. The highest BCUT2D eigenvalue weighted by Crippen LogP contribution is 1.98. The molecule has 1 aliphatic rings. The van der Waals surface area contributed by atoms with Crippen molar-refractivity contribution in [2.75, 3.05) is 13.2 Å². The van der Waals surface area contributed by atoms with Gasteiger partial charge in [0.05, 0.1) is 6.61 Å². The Bertz CT molecular complexity index is 120. The fourth-order valence-electron chi connectivity index (χ4n) is 0.680. The van der Waals surface area contributed by atoms with Crippen molar-refractivity contribution in [3.8, 4) is 0 Å². The Balaban J connectivity index is 2.17. The maximum absolute atomic E-state index is 10.6. The molecule has 1 unspecified atom stereocenters. The molecule has 0 saturated carbocycles. The van der Waals surface area contributed by atoms with Crippen LogP contribution in [0.5, 0.6) is 0 Å². The highest BCUT2D eigenvalue weighted by atomic mass is 16.7. The average Bonchev–Trinajstić information content (AvgIpc) is 2.40. The van der Waals surface area contributed by atoms with Crippen molar-refractivity contribution >= 4 is 5.97 Å². The molecule has 58 valence electrons. The Morgan fingerprint density at radius 3 is 3.20 bits per heavy atom. The van der Waals surface area contributed by atoms with Crippen LogP contribution in [0.1, 0.15) is 13.3 Å². The highest BCUT2D eigenvalue weighted by molar-refractivity contribution is 5.68. The van der Waals surface area contributed by atoms with E-state index in [9.17, 15) is 4.79 Å². The summed E-state index contributed by atoms with van der Waals surface area (Å²) in [5, 5.41) is 2.86. The van der Waals surface area contributed by atoms with Crippen LogP contribution < -0.4 is 5.32 Å². The van der Waals surface area contributed by atoms with Gasteiger partial charge < -0.3 is 9.47 Å². The molecule has 1 saturated heterocycles. The largest absolute Gasteiger partial charge is 0.421 e. The first-order valence-corrected chi connectivity index (χ1v) is 3.37. The van der Waals surface area contributed by atoms with Crippen LogP contribution in [0, 0.1) is 0 Å². The van der Waals surface area contributed by atoms with E-state index in [-0.39, 0.29) is 5.97 Å². The zero-order valence-corrected chi connectivity index (χ0v) is 5.92. The molecule has 0 spiro atoms. The number of carbonyl (C=O) groups is 1. The summed E-state index contributed by atoms with van der Waals surface area (Å²) in [6, 6.07) is 0. The number of hydrogen-bond acceptors (Lipinski definition) is 4. The summed E-state index contributed by atoms with van der Waals surface area (Å²) < 4.78 is 9.76. The second-order valence-corrected chi connectivity index (χ2v) is 2.00. The molecule has 4 nitrogen and oxygen atoms in total. The van der Waals surface area contributed by atoms with Gasteiger partial charge in [-0.2, -0.15) is 0 Å².